The van der Waals surface area contributed by atoms with E-state index in [4.69, 9.17) is 19.3 Å². The van der Waals surface area contributed by atoms with Crippen LogP contribution in [0.3, 0.4) is 0 Å². The zero-order valence-electron chi connectivity index (χ0n) is 27.0. The van der Waals surface area contributed by atoms with Crippen LogP contribution in [0, 0.1) is 5.82 Å². The van der Waals surface area contributed by atoms with E-state index in [1.165, 1.54) is 36.0 Å². The van der Waals surface area contributed by atoms with E-state index >= 15 is 0 Å². The average Bonchev–Trinajstić information content (AvgIpc) is 3.78. The summed E-state index contributed by atoms with van der Waals surface area (Å²) in [6.07, 6.45) is 0.511. The van der Waals surface area contributed by atoms with Gasteiger partial charge in [-0.2, -0.15) is 5.10 Å². The highest BCUT2D eigenvalue weighted by molar-refractivity contribution is 7.99. The molecule has 13 heteroatoms. The molecule has 6 rings (SSSR count). The summed E-state index contributed by atoms with van der Waals surface area (Å²) < 4.78 is 31.5. The van der Waals surface area contributed by atoms with Gasteiger partial charge >= 0.3 is 0 Å². The van der Waals surface area contributed by atoms with Crippen molar-refractivity contribution in [2.75, 3.05) is 27.1 Å². The molecule has 11 nitrogen and oxygen atoms in total. The van der Waals surface area contributed by atoms with Crippen molar-refractivity contribution < 1.29 is 28.2 Å². The van der Waals surface area contributed by atoms with Crippen LogP contribution < -0.4 is 19.5 Å². The van der Waals surface area contributed by atoms with Gasteiger partial charge in [0.15, 0.2) is 11.0 Å². The smallest absolute Gasteiger partial charge is 0.255 e. The minimum absolute atomic E-state index is 0.0109. The van der Waals surface area contributed by atoms with Crippen molar-refractivity contribution in [2.45, 2.75) is 24.2 Å². The van der Waals surface area contributed by atoms with Crippen LogP contribution in [-0.2, 0) is 11.3 Å². The zero-order valence-corrected chi connectivity index (χ0v) is 27.8. The van der Waals surface area contributed by atoms with Crippen molar-refractivity contribution >= 4 is 29.3 Å². The predicted octanol–water partition coefficient (Wildman–Crippen LogP) is 5.83. The van der Waals surface area contributed by atoms with E-state index in [0.717, 1.165) is 22.6 Å². The Balaban J connectivity index is 1.25. The SMILES string of the molecule is COc1ccc(C2=NN(C(=O)CSc3nnc(CNC(=O)c4ccccc4OC)n3-c3ccc(F)cc3)[C@@H](c3ccc(OC)cc3)C2)cc1. The number of hydrazone groups is 1. The maximum absolute atomic E-state index is 13.9. The number of methoxy groups -OCH3 is 3. The Morgan fingerprint density at radius 2 is 1.53 bits per heavy atom. The van der Waals surface area contributed by atoms with Crippen LogP contribution in [0.1, 0.15) is 39.8 Å². The van der Waals surface area contributed by atoms with Gasteiger partial charge in [0.1, 0.15) is 23.1 Å². The maximum Gasteiger partial charge on any atom is 0.255 e. The predicted molar refractivity (Wildman–Crippen MR) is 183 cm³/mol. The van der Waals surface area contributed by atoms with Gasteiger partial charge in [-0.15, -0.1) is 10.2 Å². The monoisotopic (exact) mass is 680 g/mol. The van der Waals surface area contributed by atoms with Crippen LogP contribution in [-0.4, -0.2) is 64.4 Å². The van der Waals surface area contributed by atoms with Crippen LogP contribution in [0.4, 0.5) is 4.39 Å². The number of ether oxygens (including phenoxy) is 3. The molecule has 0 bridgehead atoms. The minimum atomic E-state index is -0.406. The molecule has 49 heavy (non-hydrogen) atoms. The van der Waals surface area contributed by atoms with Crippen molar-refractivity contribution in [1.82, 2.24) is 25.1 Å². The van der Waals surface area contributed by atoms with E-state index < -0.39 is 5.82 Å². The molecule has 0 saturated heterocycles. The van der Waals surface area contributed by atoms with Gasteiger partial charge in [0.05, 0.1) is 50.9 Å². The summed E-state index contributed by atoms with van der Waals surface area (Å²) in [5.74, 6) is 1.23. The molecule has 0 spiro atoms. The number of thioether (sulfide) groups is 1. The third kappa shape index (κ3) is 7.41. The molecule has 4 aromatic carbocycles. The number of carbonyl (C=O) groups excluding carboxylic acids is 2. The van der Waals surface area contributed by atoms with E-state index in [2.05, 4.69) is 15.5 Å². The summed E-state index contributed by atoms with van der Waals surface area (Å²) in [7, 11) is 4.71. The first-order valence-corrected chi connectivity index (χ1v) is 16.3. The van der Waals surface area contributed by atoms with E-state index in [0.29, 0.717) is 40.2 Å². The fourth-order valence-corrected chi connectivity index (χ4v) is 6.24. The highest BCUT2D eigenvalue weighted by atomic mass is 32.2. The van der Waals surface area contributed by atoms with Gasteiger partial charge in [-0.05, 0) is 83.9 Å². The highest BCUT2D eigenvalue weighted by Crippen LogP contribution is 2.35. The van der Waals surface area contributed by atoms with Gasteiger partial charge in [0, 0.05) is 12.1 Å². The number of nitrogens with one attached hydrogen (secondary N) is 1. The Bertz CT molecular complexity index is 1970. The van der Waals surface area contributed by atoms with E-state index in [1.807, 2.05) is 48.5 Å². The average molecular weight is 681 g/mol. The Labute approximate surface area is 286 Å². The van der Waals surface area contributed by atoms with Crippen LogP contribution in [0.2, 0.25) is 0 Å². The summed E-state index contributed by atoms with van der Waals surface area (Å²) in [4.78, 5) is 26.9. The zero-order chi connectivity index (χ0) is 34.3. The van der Waals surface area contributed by atoms with Gasteiger partial charge < -0.3 is 19.5 Å². The first kappa shape index (κ1) is 33.2. The third-order valence-electron chi connectivity index (χ3n) is 7.96. The fraction of sp³-hybridized carbons (Fsp3) is 0.194. The molecule has 1 N–H and O–H groups in total. The molecule has 1 atom stereocenters. The maximum atomic E-state index is 13.9. The molecule has 0 fully saturated rings. The summed E-state index contributed by atoms with van der Waals surface area (Å²) >= 11 is 1.17. The molecule has 1 aliphatic heterocycles. The number of benzene rings is 4. The lowest BCUT2D eigenvalue weighted by molar-refractivity contribution is -0.130. The van der Waals surface area contributed by atoms with Crippen molar-refractivity contribution in [3.8, 4) is 22.9 Å². The second kappa shape index (κ2) is 15.0. The molecular weight excluding hydrogens is 647 g/mol. The summed E-state index contributed by atoms with van der Waals surface area (Å²) in [5.41, 5.74) is 3.50. The van der Waals surface area contributed by atoms with Crippen LogP contribution in [0.25, 0.3) is 5.69 Å². The van der Waals surface area contributed by atoms with E-state index in [1.54, 1.807) is 55.2 Å². The van der Waals surface area contributed by atoms with E-state index in [9.17, 15) is 14.0 Å². The number of para-hydroxylation sites is 1. The number of carbonyl (C=O) groups is 2. The Kier molecular flexibility index (Phi) is 10.2. The molecule has 1 aliphatic rings. The van der Waals surface area contributed by atoms with Crippen molar-refractivity contribution in [1.29, 1.82) is 0 Å². The number of rotatable bonds is 12. The lowest BCUT2D eigenvalue weighted by Gasteiger charge is -2.22. The van der Waals surface area contributed by atoms with Crippen molar-refractivity contribution in [3.05, 3.63) is 125 Å². The molecule has 5 aromatic rings. The lowest BCUT2D eigenvalue weighted by Crippen LogP contribution is -2.28. The van der Waals surface area contributed by atoms with Gasteiger partial charge in [-0.3, -0.25) is 14.2 Å². The molecule has 0 unspecified atom stereocenters. The normalized spacial score (nSPS) is 13.9. The quantitative estimate of drug-likeness (QED) is 0.164. The second-order valence-electron chi connectivity index (χ2n) is 10.9. The van der Waals surface area contributed by atoms with Crippen LogP contribution >= 0.6 is 11.8 Å². The molecule has 2 amide bonds. The Morgan fingerprint density at radius 3 is 2.20 bits per heavy atom. The van der Waals surface area contributed by atoms with Crippen molar-refractivity contribution in [3.63, 3.8) is 0 Å². The van der Waals surface area contributed by atoms with Gasteiger partial charge in [0.25, 0.3) is 11.8 Å². The number of amides is 2. The minimum Gasteiger partial charge on any atom is -0.497 e. The molecule has 1 aromatic heterocycles. The Morgan fingerprint density at radius 1 is 0.857 bits per heavy atom. The molecule has 0 saturated carbocycles. The number of hydrogen-bond acceptors (Lipinski definition) is 9. The molecule has 0 radical (unpaired) electrons. The summed E-state index contributed by atoms with van der Waals surface area (Å²) in [5, 5.41) is 18.2. The first-order valence-electron chi connectivity index (χ1n) is 15.3. The molecule has 0 aliphatic carbocycles. The van der Waals surface area contributed by atoms with E-state index in [-0.39, 0.29) is 30.2 Å². The number of aromatic nitrogens is 3. The molecule has 250 valence electrons. The van der Waals surface area contributed by atoms with Gasteiger partial charge in [0.2, 0.25) is 0 Å². The first-order chi connectivity index (χ1) is 23.9. The van der Waals surface area contributed by atoms with Crippen molar-refractivity contribution in [2.24, 2.45) is 5.10 Å². The Hall–Kier alpha value is -5.69. The number of hydrogen-bond donors (Lipinski definition) is 1. The largest absolute Gasteiger partial charge is 0.497 e. The lowest BCUT2D eigenvalue weighted by atomic mass is 9.98. The van der Waals surface area contributed by atoms with Crippen LogP contribution in [0.15, 0.2) is 107 Å². The molecular formula is C36H33FN6O5S. The number of halogens is 1. The van der Waals surface area contributed by atoms with Crippen LogP contribution in [0.5, 0.6) is 17.2 Å². The van der Waals surface area contributed by atoms with Gasteiger partial charge in [-0.25, -0.2) is 9.40 Å². The number of nitrogens with zero attached hydrogens (tertiary/aromatic N) is 5. The topological polar surface area (TPSA) is 120 Å². The third-order valence-corrected chi connectivity index (χ3v) is 8.87. The van der Waals surface area contributed by atoms with Gasteiger partial charge in [-0.1, -0.05) is 36.0 Å². The summed E-state index contributed by atoms with van der Waals surface area (Å²) in [6, 6.07) is 27.5. The molecule has 2 heterocycles. The standard InChI is InChI=1S/C36H33FN6O5S/c1-46-27-16-8-23(9-17-27)30-20-31(24-10-18-28(47-2)19-11-24)43(41-30)34(44)22-49-36-40-39-33(42(36)26-14-12-25(37)13-15-26)21-38-35(45)29-6-4-5-7-32(29)48-3/h4-19,31H,20-22H2,1-3H3,(H,38,45)/t31-/m1/s1. The summed E-state index contributed by atoms with van der Waals surface area (Å²) in [6.45, 7) is 0.0109. The highest BCUT2D eigenvalue weighted by Gasteiger charge is 2.33. The second-order valence-corrected chi connectivity index (χ2v) is 11.8. The fourth-order valence-electron chi connectivity index (χ4n) is 5.42.